The Labute approximate surface area is 176 Å². The van der Waals surface area contributed by atoms with Crippen LogP contribution in [0.25, 0.3) is 22.3 Å². The largest absolute Gasteiger partial charge is 0.507 e. The van der Waals surface area contributed by atoms with Crippen molar-refractivity contribution in [2.45, 2.75) is 25.9 Å². The highest BCUT2D eigenvalue weighted by atomic mass is 35.5. The number of fused-ring (bicyclic) bond motifs is 1. The summed E-state index contributed by atoms with van der Waals surface area (Å²) >= 11 is 6.18. The molecule has 0 saturated heterocycles. The summed E-state index contributed by atoms with van der Waals surface area (Å²) < 4.78 is 17.4. The van der Waals surface area contributed by atoms with Crippen LogP contribution in [-0.2, 0) is 4.79 Å². The Kier molecular flexibility index (Phi) is 5.30. The molecule has 8 heteroatoms. The second kappa shape index (κ2) is 7.91. The average molecular weight is 431 g/mol. The molecule has 2 N–H and O–H groups in total. The number of rotatable bonds is 6. The van der Waals surface area contributed by atoms with Gasteiger partial charge < -0.3 is 24.1 Å². The smallest absolute Gasteiger partial charge is 0.306 e. The monoisotopic (exact) mass is 430 g/mol. The van der Waals surface area contributed by atoms with E-state index >= 15 is 0 Å². The van der Waals surface area contributed by atoms with Crippen molar-refractivity contribution in [2.24, 2.45) is 5.92 Å². The quantitative estimate of drug-likeness (QED) is 0.594. The molecule has 3 aromatic rings. The third-order valence-corrected chi connectivity index (χ3v) is 5.37. The van der Waals surface area contributed by atoms with Gasteiger partial charge in [-0.3, -0.25) is 9.59 Å². The minimum atomic E-state index is -0.840. The molecule has 0 aliphatic heterocycles. The molecule has 1 saturated carbocycles. The molecule has 0 amide bonds. The Hall–Kier alpha value is -3.19. The van der Waals surface area contributed by atoms with Crippen LogP contribution >= 0.6 is 11.6 Å². The number of hydrogen-bond acceptors (Lipinski definition) is 6. The van der Waals surface area contributed by atoms with Crippen molar-refractivity contribution in [1.29, 1.82) is 0 Å². The third kappa shape index (κ3) is 3.68. The van der Waals surface area contributed by atoms with Crippen LogP contribution in [0.1, 0.15) is 19.8 Å². The molecule has 1 fully saturated rings. The number of ether oxygens (including phenoxy) is 2. The Morgan fingerprint density at radius 3 is 2.70 bits per heavy atom. The van der Waals surface area contributed by atoms with E-state index in [4.69, 9.17) is 30.6 Å². The normalized spacial score (nSPS) is 18.1. The summed E-state index contributed by atoms with van der Waals surface area (Å²) in [6.45, 7) is 2.32. The number of carboxylic acid groups (broad SMARTS) is 1. The van der Waals surface area contributed by atoms with Crippen LogP contribution in [0.5, 0.6) is 17.2 Å². The molecule has 4 rings (SSSR count). The Balaban J connectivity index is 1.77. The zero-order valence-corrected chi connectivity index (χ0v) is 16.8. The fraction of sp³-hybridized carbons (Fsp3) is 0.273. The minimum absolute atomic E-state index is 0.00273. The average Bonchev–Trinajstić information content (AvgIpc) is 2.67. The Morgan fingerprint density at radius 2 is 2.00 bits per heavy atom. The molecule has 0 unspecified atom stereocenters. The zero-order valence-electron chi connectivity index (χ0n) is 16.1. The first-order chi connectivity index (χ1) is 14.4. The summed E-state index contributed by atoms with van der Waals surface area (Å²) in [6, 6.07) is 9.16. The first-order valence-corrected chi connectivity index (χ1v) is 9.87. The topological polar surface area (TPSA) is 106 Å². The van der Waals surface area contributed by atoms with Crippen molar-refractivity contribution in [3.8, 4) is 28.6 Å². The molecule has 1 aromatic heterocycles. The standard InChI is InChI=1S/C22H19ClO7/c1-2-28-12-3-4-14(18(9-12)29-13-7-11(8-13)22(26)27)19-10-17(25)20-16(24)6-5-15(23)21(20)30-19/h3-6,9-11,13,24H,2,7-8H2,1H3,(H,26,27)/t11-,13-. The second-order valence-electron chi connectivity index (χ2n) is 7.08. The summed E-state index contributed by atoms with van der Waals surface area (Å²) in [5, 5.41) is 19.3. The molecule has 2 aromatic carbocycles. The molecular formula is C22H19ClO7. The van der Waals surface area contributed by atoms with Crippen molar-refractivity contribution >= 4 is 28.5 Å². The maximum absolute atomic E-state index is 12.6. The van der Waals surface area contributed by atoms with E-state index in [1.165, 1.54) is 18.2 Å². The van der Waals surface area contributed by atoms with Gasteiger partial charge >= 0.3 is 5.97 Å². The minimum Gasteiger partial charge on any atom is -0.507 e. The molecule has 7 nitrogen and oxygen atoms in total. The zero-order chi connectivity index (χ0) is 21.4. The van der Waals surface area contributed by atoms with Crippen LogP contribution in [0.2, 0.25) is 5.02 Å². The van der Waals surface area contributed by atoms with Crippen LogP contribution < -0.4 is 14.9 Å². The van der Waals surface area contributed by atoms with E-state index in [2.05, 4.69) is 0 Å². The summed E-state index contributed by atoms with van der Waals surface area (Å²) in [5.74, 6) is -0.279. The molecule has 1 aliphatic rings. The first-order valence-electron chi connectivity index (χ1n) is 9.49. The molecule has 0 bridgehead atoms. The summed E-state index contributed by atoms with van der Waals surface area (Å²) in [7, 11) is 0. The van der Waals surface area contributed by atoms with Crippen LogP contribution in [0.4, 0.5) is 0 Å². The van der Waals surface area contributed by atoms with Gasteiger partial charge in [0.15, 0.2) is 11.0 Å². The second-order valence-corrected chi connectivity index (χ2v) is 7.49. The van der Waals surface area contributed by atoms with Gasteiger partial charge in [-0.1, -0.05) is 11.6 Å². The van der Waals surface area contributed by atoms with Crippen molar-refractivity contribution < 1.29 is 28.9 Å². The molecule has 0 atom stereocenters. The maximum Gasteiger partial charge on any atom is 0.306 e. The van der Waals surface area contributed by atoms with E-state index in [-0.39, 0.29) is 33.6 Å². The van der Waals surface area contributed by atoms with E-state index in [1.54, 1.807) is 18.2 Å². The summed E-state index contributed by atoms with van der Waals surface area (Å²) in [5.41, 5.74) is 0.130. The number of phenols is 1. The Morgan fingerprint density at radius 1 is 1.23 bits per heavy atom. The fourth-order valence-electron chi connectivity index (χ4n) is 3.45. The number of benzene rings is 2. The number of phenolic OH excluding ortho intramolecular Hbond substituents is 1. The molecule has 156 valence electrons. The molecule has 1 aliphatic carbocycles. The van der Waals surface area contributed by atoms with Gasteiger partial charge in [0, 0.05) is 12.1 Å². The van der Waals surface area contributed by atoms with E-state index in [0.29, 0.717) is 36.5 Å². The predicted octanol–water partition coefficient (Wildman–Crippen LogP) is 4.46. The first kappa shape index (κ1) is 20.1. The predicted molar refractivity (Wildman–Crippen MR) is 111 cm³/mol. The number of hydrogen-bond donors (Lipinski definition) is 2. The van der Waals surface area contributed by atoms with E-state index in [9.17, 15) is 14.7 Å². The molecule has 1 heterocycles. The van der Waals surface area contributed by atoms with E-state index < -0.39 is 17.3 Å². The van der Waals surface area contributed by atoms with Gasteiger partial charge in [-0.2, -0.15) is 0 Å². The van der Waals surface area contributed by atoms with Gasteiger partial charge in [0.1, 0.15) is 34.5 Å². The lowest BCUT2D eigenvalue weighted by molar-refractivity contribution is -0.147. The number of aromatic hydroxyl groups is 1. The van der Waals surface area contributed by atoms with Crippen LogP contribution in [-0.4, -0.2) is 28.9 Å². The lowest BCUT2D eigenvalue weighted by Gasteiger charge is -2.33. The molecule has 0 radical (unpaired) electrons. The Bertz CT molecular complexity index is 1180. The van der Waals surface area contributed by atoms with Gasteiger partial charge in [-0.05, 0) is 44.0 Å². The van der Waals surface area contributed by atoms with Crippen LogP contribution in [0.3, 0.4) is 0 Å². The van der Waals surface area contributed by atoms with Gasteiger partial charge in [0.2, 0.25) is 0 Å². The molecule has 0 spiro atoms. The summed E-state index contributed by atoms with van der Waals surface area (Å²) in [6.07, 6.45) is 0.533. The maximum atomic E-state index is 12.6. The van der Waals surface area contributed by atoms with Crippen molar-refractivity contribution in [2.75, 3.05) is 6.61 Å². The fourth-order valence-corrected chi connectivity index (χ4v) is 3.65. The van der Waals surface area contributed by atoms with Gasteiger partial charge in [0.25, 0.3) is 0 Å². The number of carboxylic acids is 1. The van der Waals surface area contributed by atoms with Crippen molar-refractivity contribution in [1.82, 2.24) is 0 Å². The van der Waals surface area contributed by atoms with Gasteiger partial charge in [0.05, 0.1) is 23.1 Å². The van der Waals surface area contributed by atoms with Gasteiger partial charge in [-0.25, -0.2) is 0 Å². The molecule has 30 heavy (non-hydrogen) atoms. The molecular weight excluding hydrogens is 412 g/mol. The van der Waals surface area contributed by atoms with Crippen molar-refractivity contribution in [3.63, 3.8) is 0 Å². The highest BCUT2D eigenvalue weighted by Gasteiger charge is 2.36. The van der Waals surface area contributed by atoms with Crippen molar-refractivity contribution in [3.05, 3.63) is 51.6 Å². The lowest BCUT2D eigenvalue weighted by Crippen LogP contribution is -2.38. The lowest BCUT2D eigenvalue weighted by atomic mass is 9.82. The van der Waals surface area contributed by atoms with E-state index in [0.717, 1.165) is 0 Å². The number of aliphatic carboxylic acids is 1. The highest BCUT2D eigenvalue weighted by Crippen LogP contribution is 2.40. The summed E-state index contributed by atoms with van der Waals surface area (Å²) in [4.78, 5) is 23.7. The third-order valence-electron chi connectivity index (χ3n) is 5.08. The van der Waals surface area contributed by atoms with Crippen LogP contribution in [0, 0.1) is 5.92 Å². The SMILES string of the molecule is CCOc1ccc(-c2cc(=O)c3c(O)ccc(Cl)c3o2)c(O[C@H]2C[C@H](C(=O)O)C2)c1. The highest BCUT2D eigenvalue weighted by molar-refractivity contribution is 6.35. The van der Waals surface area contributed by atoms with Crippen LogP contribution in [0.15, 0.2) is 45.6 Å². The number of halogens is 1. The number of carbonyl (C=O) groups is 1. The van der Waals surface area contributed by atoms with Gasteiger partial charge in [-0.15, -0.1) is 0 Å². The van der Waals surface area contributed by atoms with E-state index in [1.807, 2.05) is 6.92 Å².